The monoisotopic (exact) mass is 431 g/mol. The number of hydrogen-bond donors (Lipinski definition) is 1. The number of furan rings is 1. The van der Waals surface area contributed by atoms with Crippen LogP contribution in [0, 0.1) is 17.7 Å². The van der Waals surface area contributed by atoms with Crippen molar-refractivity contribution < 1.29 is 41.4 Å². The first kappa shape index (κ1) is 22.1. The van der Waals surface area contributed by atoms with Gasteiger partial charge in [-0.25, -0.2) is 9.18 Å². The summed E-state index contributed by atoms with van der Waals surface area (Å²) in [6.07, 6.45) is -3.13. The largest absolute Gasteiger partial charge is 0.490 e. The van der Waals surface area contributed by atoms with Gasteiger partial charge in [0.25, 0.3) is 0 Å². The molecule has 2 saturated heterocycles. The van der Waals surface area contributed by atoms with Crippen LogP contribution in [0.3, 0.4) is 0 Å². The van der Waals surface area contributed by atoms with Crippen molar-refractivity contribution in [2.24, 2.45) is 11.8 Å². The topological polar surface area (TPSA) is 72.1 Å². The van der Waals surface area contributed by atoms with Crippen molar-refractivity contribution in [1.82, 2.24) is 4.90 Å². The van der Waals surface area contributed by atoms with Gasteiger partial charge in [0.05, 0.1) is 32.1 Å². The molecule has 30 heavy (non-hydrogen) atoms. The van der Waals surface area contributed by atoms with Crippen molar-refractivity contribution in [1.29, 1.82) is 0 Å². The van der Waals surface area contributed by atoms with Crippen LogP contribution in [0.2, 0.25) is 0 Å². The summed E-state index contributed by atoms with van der Waals surface area (Å²) in [6.45, 7) is 3.89. The Morgan fingerprint density at radius 1 is 1.20 bits per heavy atom. The van der Waals surface area contributed by atoms with Gasteiger partial charge < -0.3 is 19.0 Å². The molecular formula is C20H21F4NO5. The van der Waals surface area contributed by atoms with E-state index in [2.05, 4.69) is 4.90 Å². The smallest absolute Gasteiger partial charge is 0.490 e. The van der Waals surface area contributed by atoms with E-state index in [1.807, 2.05) is 12.1 Å². The average molecular weight is 431 g/mol. The fourth-order valence-corrected chi connectivity index (χ4v) is 3.56. The highest BCUT2D eigenvalue weighted by atomic mass is 19.4. The molecule has 1 aromatic heterocycles. The fourth-order valence-electron chi connectivity index (χ4n) is 3.56. The predicted octanol–water partition coefficient (Wildman–Crippen LogP) is 3.58. The molecule has 3 heterocycles. The van der Waals surface area contributed by atoms with Crippen molar-refractivity contribution in [3.8, 4) is 5.75 Å². The number of likely N-dealkylation sites (tertiary alicyclic amines) is 1. The molecule has 0 amide bonds. The van der Waals surface area contributed by atoms with Crippen LogP contribution in [0.4, 0.5) is 17.6 Å². The van der Waals surface area contributed by atoms with Crippen molar-refractivity contribution in [3.63, 3.8) is 0 Å². The van der Waals surface area contributed by atoms with Crippen LogP contribution in [0.1, 0.15) is 5.76 Å². The Morgan fingerprint density at radius 2 is 1.93 bits per heavy atom. The minimum absolute atomic E-state index is 0.249. The fraction of sp³-hybridized carbons (Fsp3) is 0.450. The molecular weight excluding hydrogens is 410 g/mol. The number of aliphatic carboxylic acids is 1. The molecule has 2 aliphatic rings. The van der Waals surface area contributed by atoms with E-state index in [9.17, 15) is 17.6 Å². The quantitative estimate of drug-likeness (QED) is 0.730. The molecule has 0 radical (unpaired) electrons. The Labute approximate surface area is 170 Å². The molecule has 0 saturated carbocycles. The number of fused-ring (bicyclic) bond motifs is 1. The summed E-state index contributed by atoms with van der Waals surface area (Å²) in [5.41, 5.74) is 0. The summed E-state index contributed by atoms with van der Waals surface area (Å²) < 4.78 is 62.4. The van der Waals surface area contributed by atoms with Crippen molar-refractivity contribution >= 4 is 5.97 Å². The molecule has 1 N–H and O–H groups in total. The average Bonchev–Trinajstić information content (AvgIpc) is 3.40. The van der Waals surface area contributed by atoms with Gasteiger partial charge in [0, 0.05) is 24.9 Å². The van der Waals surface area contributed by atoms with Crippen molar-refractivity contribution in [2.75, 3.05) is 26.3 Å². The highest BCUT2D eigenvalue weighted by molar-refractivity contribution is 5.73. The molecule has 164 valence electrons. The number of carbonyl (C=O) groups is 1. The lowest BCUT2D eigenvalue weighted by atomic mass is 9.94. The van der Waals surface area contributed by atoms with E-state index < -0.39 is 12.1 Å². The van der Waals surface area contributed by atoms with Crippen LogP contribution in [0.15, 0.2) is 47.1 Å². The number of halogens is 4. The zero-order chi connectivity index (χ0) is 21.7. The van der Waals surface area contributed by atoms with E-state index in [4.69, 9.17) is 23.8 Å². The molecule has 2 aromatic rings. The SMILES string of the molecule is Fc1ccccc1OC[C@H]1CO[C@@H]2CN(Cc3ccco3)C[C@H]12.O=C(O)C(F)(F)F. The number of ether oxygens (including phenoxy) is 2. The minimum atomic E-state index is -5.08. The maximum Gasteiger partial charge on any atom is 0.490 e. The van der Waals surface area contributed by atoms with Gasteiger partial charge in [0.1, 0.15) is 5.76 Å². The summed E-state index contributed by atoms with van der Waals surface area (Å²) in [4.78, 5) is 11.2. The lowest BCUT2D eigenvalue weighted by molar-refractivity contribution is -0.192. The van der Waals surface area contributed by atoms with Gasteiger partial charge in [0.2, 0.25) is 0 Å². The standard InChI is InChI=1S/C18H20FNO3.C2HF3O2/c19-16-5-1-2-6-17(16)22-11-13-12-23-18-10-20(9-15(13)18)8-14-4-3-7-21-14;3-2(4,5)1(6)7/h1-7,13,15,18H,8-12H2;(H,6,7)/t13-,15+,18+;/m0./s1. The molecule has 1 aromatic carbocycles. The van der Waals surface area contributed by atoms with Crippen LogP contribution in [-0.2, 0) is 16.1 Å². The molecule has 6 nitrogen and oxygen atoms in total. The normalized spacial score (nSPS) is 23.5. The van der Waals surface area contributed by atoms with Crippen LogP contribution in [-0.4, -0.2) is 54.6 Å². The maximum atomic E-state index is 13.6. The van der Waals surface area contributed by atoms with Crippen LogP contribution in [0.5, 0.6) is 5.75 Å². The van der Waals surface area contributed by atoms with Gasteiger partial charge in [-0.1, -0.05) is 12.1 Å². The van der Waals surface area contributed by atoms with Gasteiger partial charge in [-0.05, 0) is 24.3 Å². The first-order valence-corrected chi connectivity index (χ1v) is 9.28. The number of nitrogens with zero attached hydrogens (tertiary/aromatic N) is 1. The molecule has 2 aliphatic heterocycles. The Hall–Kier alpha value is -2.59. The third-order valence-electron chi connectivity index (χ3n) is 5.01. The molecule has 0 bridgehead atoms. The lowest BCUT2D eigenvalue weighted by Gasteiger charge is -2.19. The van der Waals surface area contributed by atoms with Crippen molar-refractivity contribution in [2.45, 2.75) is 18.8 Å². The minimum Gasteiger partial charge on any atom is -0.490 e. The number of benzene rings is 1. The number of carboxylic acid groups (broad SMARTS) is 1. The molecule has 4 rings (SSSR count). The van der Waals surface area contributed by atoms with E-state index in [0.717, 1.165) is 25.4 Å². The van der Waals surface area contributed by atoms with Gasteiger partial charge in [-0.3, -0.25) is 4.90 Å². The number of carboxylic acids is 1. The van der Waals surface area contributed by atoms with E-state index in [1.54, 1.807) is 24.5 Å². The van der Waals surface area contributed by atoms with Crippen LogP contribution >= 0.6 is 0 Å². The lowest BCUT2D eigenvalue weighted by Crippen LogP contribution is -2.26. The number of hydrogen-bond acceptors (Lipinski definition) is 5. The predicted molar refractivity (Wildman–Crippen MR) is 96.3 cm³/mol. The van der Waals surface area contributed by atoms with Gasteiger partial charge >= 0.3 is 12.1 Å². The first-order valence-electron chi connectivity index (χ1n) is 9.28. The summed E-state index contributed by atoms with van der Waals surface area (Å²) in [7, 11) is 0. The summed E-state index contributed by atoms with van der Waals surface area (Å²) in [5, 5.41) is 7.12. The molecule has 2 fully saturated rings. The molecule has 3 atom stereocenters. The maximum absolute atomic E-state index is 13.6. The zero-order valence-electron chi connectivity index (χ0n) is 15.8. The van der Waals surface area contributed by atoms with Crippen LogP contribution in [0.25, 0.3) is 0 Å². The second-order valence-electron chi connectivity index (χ2n) is 7.11. The molecule has 0 unspecified atom stereocenters. The Bertz CT molecular complexity index is 827. The highest BCUT2D eigenvalue weighted by Crippen LogP contribution is 2.35. The number of rotatable bonds is 5. The third-order valence-corrected chi connectivity index (χ3v) is 5.01. The molecule has 0 spiro atoms. The Morgan fingerprint density at radius 3 is 2.57 bits per heavy atom. The third kappa shape index (κ3) is 5.73. The first-order chi connectivity index (χ1) is 14.2. The summed E-state index contributed by atoms with van der Waals surface area (Å²) in [6, 6.07) is 10.4. The molecule has 0 aliphatic carbocycles. The van der Waals surface area contributed by atoms with E-state index in [1.165, 1.54) is 6.07 Å². The van der Waals surface area contributed by atoms with Gasteiger partial charge in [-0.2, -0.15) is 13.2 Å². The Kier molecular flexibility index (Phi) is 6.99. The van der Waals surface area contributed by atoms with E-state index in [-0.39, 0.29) is 11.9 Å². The van der Waals surface area contributed by atoms with Gasteiger partial charge in [0.15, 0.2) is 11.6 Å². The second kappa shape index (κ2) is 9.48. The second-order valence-corrected chi connectivity index (χ2v) is 7.11. The van der Waals surface area contributed by atoms with Crippen LogP contribution < -0.4 is 4.74 Å². The van der Waals surface area contributed by atoms with E-state index in [0.29, 0.717) is 30.8 Å². The summed E-state index contributed by atoms with van der Waals surface area (Å²) in [5.74, 6) is -1.02. The van der Waals surface area contributed by atoms with E-state index >= 15 is 0 Å². The summed E-state index contributed by atoms with van der Waals surface area (Å²) >= 11 is 0. The van der Waals surface area contributed by atoms with Gasteiger partial charge in [-0.15, -0.1) is 0 Å². The zero-order valence-corrected chi connectivity index (χ0v) is 15.8. The number of para-hydroxylation sites is 1. The van der Waals surface area contributed by atoms with Crippen molar-refractivity contribution in [3.05, 3.63) is 54.2 Å². The number of alkyl halides is 3. The highest BCUT2D eigenvalue weighted by Gasteiger charge is 2.44. The Balaban J connectivity index is 0.000000318. The molecule has 10 heteroatoms.